The largest absolute Gasteiger partial charge is 0.347 e. The van der Waals surface area contributed by atoms with E-state index in [0.29, 0.717) is 13.0 Å². The van der Waals surface area contributed by atoms with Crippen molar-refractivity contribution in [2.45, 2.75) is 26.3 Å². The summed E-state index contributed by atoms with van der Waals surface area (Å²) in [6.07, 6.45) is 3.61. The third-order valence-electron chi connectivity index (χ3n) is 4.50. The normalized spacial score (nSPS) is 17.3. The van der Waals surface area contributed by atoms with Crippen LogP contribution in [-0.4, -0.2) is 24.4 Å². The van der Waals surface area contributed by atoms with Crippen molar-refractivity contribution < 1.29 is 9.59 Å². The molecule has 0 radical (unpaired) electrons. The molecule has 0 aliphatic carbocycles. The Morgan fingerprint density at radius 3 is 2.60 bits per heavy atom. The fraction of sp³-hybridized carbons (Fsp3) is 0.238. The van der Waals surface area contributed by atoms with Crippen LogP contribution in [0.3, 0.4) is 0 Å². The van der Waals surface area contributed by atoms with Gasteiger partial charge in [-0.25, -0.2) is 0 Å². The Balaban J connectivity index is 1.61. The Labute approximate surface area is 148 Å². The van der Waals surface area contributed by atoms with Crippen molar-refractivity contribution in [3.05, 3.63) is 71.3 Å². The summed E-state index contributed by atoms with van der Waals surface area (Å²) in [4.78, 5) is 26.1. The van der Waals surface area contributed by atoms with Crippen LogP contribution in [0.25, 0.3) is 6.08 Å². The molecule has 0 spiro atoms. The minimum atomic E-state index is -0.177. The van der Waals surface area contributed by atoms with Gasteiger partial charge < -0.3 is 10.2 Å². The topological polar surface area (TPSA) is 49.4 Å². The molecular formula is C21H22N2O2. The molecule has 1 N–H and O–H groups in total. The van der Waals surface area contributed by atoms with Gasteiger partial charge in [-0.2, -0.15) is 0 Å². The molecule has 2 amide bonds. The second-order valence-corrected chi connectivity index (χ2v) is 6.43. The highest BCUT2D eigenvalue weighted by atomic mass is 16.2. The number of carbonyl (C=O) groups excluding carboxylic acids is 2. The Morgan fingerprint density at radius 2 is 1.88 bits per heavy atom. The molecule has 0 bridgehead atoms. The first-order chi connectivity index (χ1) is 12.0. The number of hydrogen-bond acceptors (Lipinski definition) is 2. The molecule has 1 heterocycles. The standard InChI is InChI=1S/C21H22N2O2/c1-15-8-10-19(12-16(15)2)23-14-18(13-21(23)25)22-20(24)11-9-17-6-4-3-5-7-17/h3-12,18H,13-14H2,1-2H3,(H,22,24). The van der Waals surface area contributed by atoms with Gasteiger partial charge in [-0.15, -0.1) is 0 Å². The zero-order valence-corrected chi connectivity index (χ0v) is 14.5. The predicted octanol–water partition coefficient (Wildman–Crippen LogP) is 3.24. The molecule has 1 saturated heterocycles. The molecule has 2 aromatic rings. The number of nitrogens with one attached hydrogen (secondary N) is 1. The molecule has 3 rings (SSSR count). The molecule has 1 fully saturated rings. The number of amides is 2. The van der Waals surface area contributed by atoms with Crippen molar-refractivity contribution in [1.82, 2.24) is 5.32 Å². The molecular weight excluding hydrogens is 312 g/mol. The summed E-state index contributed by atoms with van der Waals surface area (Å²) in [5.41, 5.74) is 4.22. The second-order valence-electron chi connectivity index (χ2n) is 6.43. The minimum absolute atomic E-state index is 0.0422. The number of hydrogen-bond donors (Lipinski definition) is 1. The van der Waals surface area contributed by atoms with E-state index in [1.54, 1.807) is 11.0 Å². The molecule has 4 heteroatoms. The third-order valence-corrected chi connectivity index (χ3v) is 4.50. The van der Waals surface area contributed by atoms with Gasteiger partial charge in [0.25, 0.3) is 0 Å². The third kappa shape index (κ3) is 4.15. The highest BCUT2D eigenvalue weighted by Gasteiger charge is 2.31. The van der Waals surface area contributed by atoms with E-state index in [2.05, 4.69) is 5.32 Å². The van der Waals surface area contributed by atoms with Crippen molar-refractivity contribution in [3.8, 4) is 0 Å². The maximum absolute atomic E-state index is 12.3. The molecule has 1 atom stereocenters. The first kappa shape index (κ1) is 17.0. The van der Waals surface area contributed by atoms with Crippen LogP contribution in [0.15, 0.2) is 54.6 Å². The van der Waals surface area contributed by atoms with Crippen LogP contribution >= 0.6 is 0 Å². The van der Waals surface area contributed by atoms with Gasteiger partial charge in [0, 0.05) is 24.7 Å². The van der Waals surface area contributed by atoms with E-state index in [4.69, 9.17) is 0 Å². The van der Waals surface area contributed by atoms with Gasteiger partial charge in [0.05, 0.1) is 6.04 Å². The lowest BCUT2D eigenvalue weighted by Crippen LogP contribution is -2.36. The second kappa shape index (κ2) is 7.34. The van der Waals surface area contributed by atoms with E-state index in [0.717, 1.165) is 16.8 Å². The number of nitrogens with zero attached hydrogens (tertiary/aromatic N) is 1. The average molecular weight is 334 g/mol. The summed E-state index contributed by atoms with van der Waals surface area (Å²) >= 11 is 0. The summed E-state index contributed by atoms with van der Waals surface area (Å²) in [5.74, 6) is -0.135. The van der Waals surface area contributed by atoms with E-state index >= 15 is 0 Å². The van der Waals surface area contributed by atoms with Crippen molar-refractivity contribution in [2.75, 3.05) is 11.4 Å². The van der Waals surface area contributed by atoms with Gasteiger partial charge in [0.15, 0.2) is 0 Å². The Hall–Kier alpha value is -2.88. The van der Waals surface area contributed by atoms with Crippen molar-refractivity contribution in [2.24, 2.45) is 0 Å². The smallest absolute Gasteiger partial charge is 0.244 e. The Morgan fingerprint density at radius 1 is 1.12 bits per heavy atom. The van der Waals surface area contributed by atoms with Crippen LogP contribution in [0.4, 0.5) is 5.69 Å². The van der Waals surface area contributed by atoms with E-state index in [9.17, 15) is 9.59 Å². The van der Waals surface area contributed by atoms with Gasteiger partial charge in [0.1, 0.15) is 0 Å². The summed E-state index contributed by atoms with van der Waals surface area (Å²) in [7, 11) is 0. The summed E-state index contributed by atoms with van der Waals surface area (Å²) in [6, 6.07) is 15.5. The number of aryl methyl sites for hydroxylation is 2. The van der Waals surface area contributed by atoms with Crippen LogP contribution in [0.2, 0.25) is 0 Å². The fourth-order valence-corrected chi connectivity index (χ4v) is 2.93. The van der Waals surface area contributed by atoms with E-state index in [1.807, 2.05) is 62.4 Å². The first-order valence-electron chi connectivity index (χ1n) is 8.44. The van der Waals surface area contributed by atoms with Crippen LogP contribution in [0, 0.1) is 13.8 Å². The lowest BCUT2D eigenvalue weighted by atomic mass is 10.1. The molecule has 0 aromatic heterocycles. The molecule has 1 unspecified atom stereocenters. The zero-order valence-electron chi connectivity index (χ0n) is 14.5. The van der Waals surface area contributed by atoms with Crippen LogP contribution in [-0.2, 0) is 9.59 Å². The van der Waals surface area contributed by atoms with Gasteiger partial charge in [-0.1, -0.05) is 36.4 Å². The highest BCUT2D eigenvalue weighted by molar-refractivity contribution is 5.98. The highest BCUT2D eigenvalue weighted by Crippen LogP contribution is 2.24. The van der Waals surface area contributed by atoms with Crippen molar-refractivity contribution >= 4 is 23.6 Å². The summed E-state index contributed by atoms with van der Waals surface area (Å²) in [6.45, 7) is 4.59. The van der Waals surface area contributed by atoms with Gasteiger partial charge in [0.2, 0.25) is 11.8 Å². The van der Waals surface area contributed by atoms with Crippen molar-refractivity contribution in [1.29, 1.82) is 0 Å². The molecule has 2 aromatic carbocycles. The van der Waals surface area contributed by atoms with Crippen LogP contribution < -0.4 is 10.2 Å². The number of carbonyl (C=O) groups is 2. The quantitative estimate of drug-likeness (QED) is 0.873. The fourth-order valence-electron chi connectivity index (χ4n) is 2.93. The lowest BCUT2D eigenvalue weighted by molar-refractivity contribution is -0.117. The Kier molecular flexibility index (Phi) is 4.98. The number of anilines is 1. The molecule has 25 heavy (non-hydrogen) atoms. The molecule has 1 aliphatic heterocycles. The molecule has 128 valence electrons. The maximum Gasteiger partial charge on any atom is 0.244 e. The molecule has 0 saturated carbocycles. The van der Waals surface area contributed by atoms with E-state index < -0.39 is 0 Å². The molecule has 1 aliphatic rings. The summed E-state index contributed by atoms with van der Waals surface area (Å²) < 4.78 is 0. The first-order valence-corrected chi connectivity index (χ1v) is 8.44. The predicted molar refractivity (Wildman–Crippen MR) is 100 cm³/mol. The van der Waals surface area contributed by atoms with Crippen LogP contribution in [0.1, 0.15) is 23.1 Å². The monoisotopic (exact) mass is 334 g/mol. The number of benzene rings is 2. The van der Waals surface area contributed by atoms with Gasteiger partial charge >= 0.3 is 0 Å². The maximum atomic E-state index is 12.3. The summed E-state index contributed by atoms with van der Waals surface area (Å²) in [5, 5.41) is 2.92. The van der Waals surface area contributed by atoms with Crippen LogP contribution in [0.5, 0.6) is 0 Å². The SMILES string of the molecule is Cc1ccc(N2CC(NC(=O)C=Cc3ccccc3)CC2=O)cc1C. The van der Waals surface area contributed by atoms with Crippen molar-refractivity contribution in [3.63, 3.8) is 0 Å². The molecule has 4 nitrogen and oxygen atoms in total. The van der Waals surface area contributed by atoms with Gasteiger partial charge in [-0.05, 0) is 48.7 Å². The Bertz CT molecular complexity index is 812. The zero-order chi connectivity index (χ0) is 17.8. The van der Waals surface area contributed by atoms with Gasteiger partial charge in [-0.3, -0.25) is 9.59 Å². The van der Waals surface area contributed by atoms with E-state index in [-0.39, 0.29) is 17.9 Å². The van der Waals surface area contributed by atoms with E-state index in [1.165, 1.54) is 11.6 Å². The lowest BCUT2D eigenvalue weighted by Gasteiger charge is -2.18. The number of rotatable bonds is 4. The average Bonchev–Trinajstić information content (AvgIpc) is 2.96. The minimum Gasteiger partial charge on any atom is -0.347 e.